The van der Waals surface area contributed by atoms with Crippen LogP contribution in [-0.2, 0) is 0 Å². The number of piperidine rings is 1. The second-order valence-electron chi connectivity index (χ2n) is 7.46. The number of hydrogen-bond donors (Lipinski definition) is 1. The van der Waals surface area contributed by atoms with Crippen molar-refractivity contribution in [1.82, 2.24) is 24.5 Å². The van der Waals surface area contributed by atoms with Gasteiger partial charge in [0, 0.05) is 5.39 Å². The van der Waals surface area contributed by atoms with Crippen molar-refractivity contribution in [2.45, 2.75) is 38.5 Å². The summed E-state index contributed by atoms with van der Waals surface area (Å²) >= 11 is 0. The van der Waals surface area contributed by atoms with Crippen LogP contribution in [0.15, 0.2) is 24.5 Å². The molecule has 1 aliphatic heterocycles. The Morgan fingerprint density at radius 3 is 2.74 bits per heavy atom. The molecule has 0 amide bonds. The van der Waals surface area contributed by atoms with Crippen LogP contribution in [0.1, 0.15) is 38.5 Å². The van der Waals surface area contributed by atoms with Gasteiger partial charge < -0.3 is 15.4 Å². The first-order valence-corrected chi connectivity index (χ1v) is 9.90. The summed E-state index contributed by atoms with van der Waals surface area (Å²) in [5.74, 6) is 2.09. The molecule has 0 spiro atoms. The number of ether oxygens (including phenoxy) is 1. The van der Waals surface area contributed by atoms with E-state index >= 15 is 0 Å². The predicted octanol–water partition coefficient (Wildman–Crippen LogP) is 3.14. The van der Waals surface area contributed by atoms with Crippen LogP contribution in [0.3, 0.4) is 0 Å². The van der Waals surface area contributed by atoms with Crippen molar-refractivity contribution in [3.8, 4) is 5.75 Å². The summed E-state index contributed by atoms with van der Waals surface area (Å²) in [5, 5.41) is 4.87. The number of anilines is 1. The number of nitrogens with two attached hydrogens (primary N) is 1. The molecule has 1 saturated heterocycles. The molecular formula is C20H28N6O. The maximum absolute atomic E-state index is 5.78. The summed E-state index contributed by atoms with van der Waals surface area (Å²) in [4.78, 5) is 11.1. The second kappa shape index (κ2) is 8.08. The first-order valence-electron chi connectivity index (χ1n) is 9.90. The molecule has 7 heteroatoms. The van der Waals surface area contributed by atoms with Gasteiger partial charge in [0.1, 0.15) is 17.6 Å². The van der Waals surface area contributed by atoms with E-state index in [1.807, 2.05) is 18.2 Å². The number of fused-ring (bicyclic) bond motifs is 3. The zero-order valence-corrected chi connectivity index (χ0v) is 16.0. The van der Waals surface area contributed by atoms with Gasteiger partial charge in [-0.2, -0.15) is 9.61 Å². The third-order valence-corrected chi connectivity index (χ3v) is 5.45. The van der Waals surface area contributed by atoms with Crippen LogP contribution in [0, 0.1) is 5.92 Å². The zero-order valence-electron chi connectivity index (χ0n) is 16.0. The van der Waals surface area contributed by atoms with Gasteiger partial charge in [0.25, 0.3) is 0 Å². The maximum Gasteiger partial charge on any atom is 0.223 e. The lowest BCUT2D eigenvalue weighted by atomic mass is 10.1. The first kappa shape index (κ1) is 18.0. The van der Waals surface area contributed by atoms with Crippen molar-refractivity contribution < 1.29 is 4.74 Å². The fraction of sp³-hybridized carbons (Fsp3) is 0.550. The molecule has 5 rings (SSSR count). The summed E-state index contributed by atoms with van der Waals surface area (Å²) in [5.41, 5.74) is 7.16. The van der Waals surface area contributed by atoms with E-state index in [1.54, 1.807) is 7.11 Å². The van der Waals surface area contributed by atoms with E-state index in [9.17, 15) is 0 Å². The Balaban J connectivity index is 0.000000143. The average Bonchev–Trinajstić information content (AvgIpc) is 3.40. The number of benzene rings is 1. The molecule has 2 N–H and O–H groups in total. The third-order valence-electron chi connectivity index (χ3n) is 5.45. The molecule has 2 fully saturated rings. The molecule has 0 unspecified atom stereocenters. The number of nitrogens with zero attached hydrogens (tertiary/aromatic N) is 5. The summed E-state index contributed by atoms with van der Waals surface area (Å²) in [6, 6.07) is 5.63. The molecule has 2 aromatic heterocycles. The molecule has 0 radical (unpaired) electrons. The van der Waals surface area contributed by atoms with E-state index in [0.717, 1.165) is 11.3 Å². The van der Waals surface area contributed by atoms with Crippen molar-refractivity contribution in [2.75, 3.05) is 32.5 Å². The zero-order chi connectivity index (χ0) is 18.6. The number of nitrogen functional groups attached to an aromatic ring is 1. The summed E-state index contributed by atoms with van der Waals surface area (Å²) in [7, 11) is 1.60. The van der Waals surface area contributed by atoms with Crippen LogP contribution >= 0.6 is 0 Å². The number of para-hydroxylation sites is 1. The van der Waals surface area contributed by atoms with Crippen molar-refractivity contribution in [1.29, 1.82) is 0 Å². The highest BCUT2D eigenvalue weighted by Gasteiger charge is 2.22. The predicted molar refractivity (Wildman–Crippen MR) is 107 cm³/mol. The van der Waals surface area contributed by atoms with Gasteiger partial charge in [-0.3, -0.25) is 0 Å². The average molecular weight is 368 g/mol. The molecule has 0 atom stereocenters. The van der Waals surface area contributed by atoms with Crippen molar-refractivity contribution in [2.24, 2.45) is 5.92 Å². The lowest BCUT2D eigenvalue weighted by molar-refractivity contribution is 0.223. The van der Waals surface area contributed by atoms with Gasteiger partial charge in [0.15, 0.2) is 5.65 Å². The lowest BCUT2D eigenvalue weighted by Crippen LogP contribution is -2.30. The van der Waals surface area contributed by atoms with Crippen molar-refractivity contribution >= 4 is 22.5 Å². The minimum Gasteiger partial charge on any atom is -0.494 e. The molecule has 1 aromatic carbocycles. The van der Waals surface area contributed by atoms with E-state index in [-0.39, 0.29) is 0 Å². The maximum atomic E-state index is 5.78. The number of likely N-dealkylation sites (tertiary alicyclic amines) is 1. The Morgan fingerprint density at radius 1 is 1.19 bits per heavy atom. The fourth-order valence-electron chi connectivity index (χ4n) is 3.69. The normalized spacial score (nSPS) is 17.7. The van der Waals surface area contributed by atoms with Crippen LogP contribution in [0.5, 0.6) is 5.75 Å². The van der Waals surface area contributed by atoms with E-state index in [0.29, 0.717) is 22.9 Å². The summed E-state index contributed by atoms with van der Waals surface area (Å²) < 4.78 is 6.73. The van der Waals surface area contributed by atoms with Gasteiger partial charge in [-0.15, -0.1) is 0 Å². The highest BCUT2D eigenvalue weighted by atomic mass is 16.5. The standard InChI is InChI=1S/C10H9N5O.C10H19N/c1-16-7-4-2-3-6-8(7)14-10(11)15-9(6)12-5-13-15;1-2-7-11(8-3-1)9-6-10-4-5-10/h2-5H,1H3,(H2,11,14);10H,1-9H2. The summed E-state index contributed by atoms with van der Waals surface area (Å²) in [6.45, 7) is 4.16. The van der Waals surface area contributed by atoms with Gasteiger partial charge in [-0.05, 0) is 56.9 Å². The van der Waals surface area contributed by atoms with Crippen LogP contribution in [0.25, 0.3) is 16.6 Å². The van der Waals surface area contributed by atoms with Crippen LogP contribution < -0.4 is 10.5 Å². The number of rotatable bonds is 4. The van der Waals surface area contributed by atoms with Gasteiger partial charge >= 0.3 is 0 Å². The van der Waals surface area contributed by atoms with Crippen LogP contribution in [-0.4, -0.2) is 51.2 Å². The van der Waals surface area contributed by atoms with Gasteiger partial charge in [0.2, 0.25) is 5.95 Å². The minimum absolute atomic E-state index is 0.296. The fourth-order valence-corrected chi connectivity index (χ4v) is 3.69. The van der Waals surface area contributed by atoms with Crippen LogP contribution in [0.2, 0.25) is 0 Å². The van der Waals surface area contributed by atoms with Gasteiger partial charge in [0.05, 0.1) is 7.11 Å². The van der Waals surface area contributed by atoms with Gasteiger partial charge in [-0.25, -0.2) is 9.97 Å². The Labute approximate surface area is 159 Å². The van der Waals surface area contributed by atoms with E-state index < -0.39 is 0 Å². The first-order chi connectivity index (χ1) is 13.3. The molecule has 1 saturated carbocycles. The van der Waals surface area contributed by atoms with Gasteiger partial charge in [-0.1, -0.05) is 25.3 Å². The second-order valence-corrected chi connectivity index (χ2v) is 7.46. The molecule has 3 aromatic rings. The largest absolute Gasteiger partial charge is 0.494 e. The molecule has 7 nitrogen and oxygen atoms in total. The Hall–Kier alpha value is -2.41. The molecule has 1 aliphatic carbocycles. The molecule has 144 valence electrons. The molecule has 3 heterocycles. The Bertz CT molecular complexity index is 898. The summed E-state index contributed by atoms with van der Waals surface area (Å²) in [6.07, 6.45) is 10.4. The Morgan fingerprint density at radius 2 is 2.00 bits per heavy atom. The minimum atomic E-state index is 0.296. The monoisotopic (exact) mass is 368 g/mol. The Kier molecular flexibility index (Phi) is 5.38. The number of aromatic nitrogens is 4. The third kappa shape index (κ3) is 4.13. The molecule has 2 aliphatic rings. The van der Waals surface area contributed by atoms with E-state index in [2.05, 4.69) is 20.0 Å². The van der Waals surface area contributed by atoms with E-state index in [4.69, 9.17) is 10.5 Å². The molecule has 0 bridgehead atoms. The highest BCUT2D eigenvalue weighted by Crippen LogP contribution is 2.32. The van der Waals surface area contributed by atoms with Crippen molar-refractivity contribution in [3.05, 3.63) is 24.5 Å². The number of methoxy groups -OCH3 is 1. The lowest BCUT2D eigenvalue weighted by Gasteiger charge is -2.26. The number of hydrogen-bond acceptors (Lipinski definition) is 6. The van der Waals surface area contributed by atoms with E-state index in [1.165, 1.54) is 69.0 Å². The van der Waals surface area contributed by atoms with Crippen molar-refractivity contribution in [3.63, 3.8) is 0 Å². The van der Waals surface area contributed by atoms with Crippen LogP contribution in [0.4, 0.5) is 5.95 Å². The quantitative estimate of drug-likeness (QED) is 0.762. The topological polar surface area (TPSA) is 81.6 Å². The SMILES string of the molecule is C1CCN(CCC2CC2)CC1.COc1cccc2c1nc(N)n1ncnc21. The molecule has 27 heavy (non-hydrogen) atoms. The smallest absolute Gasteiger partial charge is 0.223 e. The highest BCUT2D eigenvalue weighted by molar-refractivity contribution is 5.95. The molecular weight excluding hydrogens is 340 g/mol.